The summed E-state index contributed by atoms with van der Waals surface area (Å²) in [7, 11) is 0. The molecule has 3 aliphatic rings. The van der Waals surface area contributed by atoms with Crippen molar-refractivity contribution in [1.82, 2.24) is 25.3 Å². The third-order valence-corrected chi connectivity index (χ3v) is 9.60. The summed E-state index contributed by atoms with van der Waals surface area (Å²) in [5.74, 6) is -4.32. The van der Waals surface area contributed by atoms with Gasteiger partial charge in [0, 0.05) is 25.8 Å². The van der Waals surface area contributed by atoms with Crippen LogP contribution < -0.4 is 10.6 Å². The number of nitrogens with zero attached hydrogens (tertiary/aromatic N) is 3. The van der Waals surface area contributed by atoms with Gasteiger partial charge >= 0.3 is 23.8 Å². The lowest BCUT2D eigenvalue weighted by Gasteiger charge is -2.56. The largest absolute Gasteiger partial charge is 0.480 e. The van der Waals surface area contributed by atoms with Crippen molar-refractivity contribution < 1.29 is 39.0 Å². The SMILES string of the molecule is CCN1CCN(C(=O)NC(C(=O)N[C@]2(SC)C(=O)N3C=C(CO)C(C(=O)O)S[C@@H]32)c2ccccc2)C(=O)C1=O. The minimum atomic E-state index is -1.55. The van der Waals surface area contributed by atoms with Crippen molar-refractivity contribution in [3.05, 3.63) is 47.7 Å². The number of carbonyl (C=O) groups is 6. The van der Waals surface area contributed by atoms with E-state index >= 15 is 0 Å². The number of carbonyl (C=O) groups excluding carboxylic acids is 5. The Morgan fingerprint density at radius 1 is 1.15 bits per heavy atom. The van der Waals surface area contributed by atoms with E-state index in [1.54, 1.807) is 43.5 Å². The second-order valence-electron chi connectivity index (χ2n) is 8.85. The minimum absolute atomic E-state index is 0.0512. The molecule has 0 aliphatic carbocycles. The van der Waals surface area contributed by atoms with E-state index in [-0.39, 0.29) is 18.7 Å². The molecular formula is C24H27N5O8S2. The summed E-state index contributed by atoms with van der Waals surface area (Å²) in [6, 6.07) is 5.88. The van der Waals surface area contributed by atoms with E-state index in [2.05, 4.69) is 10.6 Å². The lowest BCUT2D eigenvalue weighted by molar-refractivity contribution is -0.153. The topological polar surface area (TPSA) is 177 Å². The summed E-state index contributed by atoms with van der Waals surface area (Å²) < 4.78 is 0. The number of benzene rings is 1. The highest BCUT2D eigenvalue weighted by Crippen LogP contribution is 2.50. The van der Waals surface area contributed by atoms with Gasteiger partial charge in [-0.25, -0.2) is 4.79 Å². The fraction of sp³-hybridized carbons (Fsp3) is 0.417. The van der Waals surface area contributed by atoms with Crippen molar-refractivity contribution in [3.8, 4) is 0 Å². The Morgan fingerprint density at radius 2 is 1.85 bits per heavy atom. The molecule has 4 rings (SSSR count). The van der Waals surface area contributed by atoms with Gasteiger partial charge in [0.15, 0.2) is 4.87 Å². The second-order valence-corrected chi connectivity index (χ2v) is 11.1. The number of hydrogen-bond donors (Lipinski definition) is 4. The van der Waals surface area contributed by atoms with Gasteiger partial charge in [0.2, 0.25) is 5.91 Å². The smallest absolute Gasteiger partial charge is 0.325 e. The Hall–Kier alpha value is -3.56. The molecule has 208 valence electrons. The maximum atomic E-state index is 13.7. The van der Waals surface area contributed by atoms with Crippen LogP contribution in [-0.4, -0.2) is 109 Å². The molecule has 0 radical (unpaired) electrons. The van der Waals surface area contributed by atoms with Crippen LogP contribution >= 0.6 is 23.5 Å². The molecule has 0 bridgehead atoms. The highest BCUT2D eigenvalue weighted by Gasteiger charge is 2.64. The molecule has 1 aromatic carbocycles. The van der Waals surface area contributed by atoms with Gasteiger partial charge in [-0.05, 0) is 24.3 Å². The number of nitrogens with one attached hydrogen (secondary N) is 2. The van der Waals surface area contributed by atoms with Gasteiger partial charge in [-0.3, -0.25) is 33.8 Å². The number of hydrogen-bond acceptors (Lipinski definition) is 9. The number of fused-ring (bicyclic) bond motifs is 1. The fourth-order valence-corrected chi connectivity index (χ4v) is 7.13. The zero-order chi connectivity index (χ0) is 28.5. The maximum absolute atomic E-state index is 13.7. The molecule has 3 heterocycles. The number of urea groups is 1. The highest BCUT2D eigenvalue weighted by atomic mass is 32.2. The van der Waals surface area contributed by atoms with E-state index in [0.717, 1.165) is 28.4 Å². The number of imide groups is 1. The van der Waals surface area contributed by atoms with Gasteiger partial charge in [0.1, 0.15) is 16.7 Å². The molecule has 2 unspecified atom stereocenters. The Labute approximate surface area is 231 Å². The first kappa shape index (κ1) is 28.4. The highest BCUT2D eigenvalue weighted by molar-refractivity contribution is 8.05. The van der Waals surface area contributed by atoms with E-state index in [4.69, 9.17) is 0 Å². The zero-order valence-electron chi connectivity index (χ0n) is 21.0. The number of rotatable bonds is 8. The normalized spacial score (nSPS) is 25.4. The Bertz CT molecular complexity index is 1240. The summed E-state index contributed by atoms with van der Waals surface area (Å²) in [6.45, 7) is 1.58. The molecule has 39 heavy (non-hydrogen) atoms. The summed E-state index contributed by atoms with van der Waals surface area (Å²) in [5, 5.41) is 22.5. The van der Waals surface area contributed by atoms with Crippen LogP contribution in [0.15, 0.2) is 42.1 Å². The van der Waals surface area contributed by atoms with Crippen LogP contribution in [-0.2, 0) is 24.0 Å². The van der Waals surface area contributed by atoms with Gasteiger partial charge in [-0.1, -0.05) is 30.3 Å². The number of piperazine rings is 1. The molecule has 15 heteroatoms. The summed E-state index contributed by atoms with van der Waals surface area (Å²) >= 11 is 1.92. The summed E-state index contributed by atoms with van der Waals surface area (Å²) in [6.07, 6.45) is 2.88. The van der Waals surface area contributed by atoms with Crippen LogP contribution in [0.5, 0.6) is 0 Å². The quantitative estimate of drug-likeness (QED) is 0.180. The zero-order valence-corrected chi connectivity index (χ0v) is 22.7. The minimum Gasteiger partial charge on any atom is -0.480 e. The van der Waals surface area contributed by atoms with Crippen LogP contribution in [0, 0.1) is 0 Å². The number of aliphatic hydroxyl groups excluding tert-OH is 1. The molecule has 0 spiro atoms. The number of aliphatic hydroxyl groups is 1. The van der Waals surface area contributed by atoms with E-state index in [1.807, 2.05) is 0 Å². The van der Waals surface area contributed by atoms with Gasteiger partial charge in [-0.2, -0.15) is 0 Å². The van der Waals surface area contributed by atoms with Crippen LogP contribution in [0.2, 0.25) is 0 Å². The average molecular weight is 578 g/mol. The van der Waals surface area contributed by atoms with Crippen molar-refractivity contribution >= 4 is 59.2 Å². The van der Waals surface area contributed by atoms with Crippen molar-refractivity contribution in [1.29, 1.82) is 0 Å². The first-order valence-corrected chi connectivity index (χ1v) is 14.1. The molecule has 0 aromatic heterocycles. The van der Waals surface area contributed by atoms with Crippen LogP contribution in [0.3, 0.4) is 0 Å². The lowest BCUT2D eigenvalue weighted by Crippen LogP contribution is -2.77. The standard InChI is InChI=1S/C24H27N5O8S2/c1-3-27-9-10-28(19(33)18(27)32)23(37)25-15(13-7-5-4-6-8-13)17(31)26-24(38-2)21(36)29-11-14(12-30)16(20(34)35)39-22(24)29/h4-8,11,15-16,22,30H,3,9-10,12H2,1-2H3,(H,25,37)(H,26,31)(H,34,35)/t15?,16?,22-,24+/m1/s1. The van der Waals surface area contributed by atoms with Gasteiger partial charge < -0.3 is 25.7 Å². The van der Waals surface area contributed by atoms with Crippen molar-refractivity contribution in [2.75, 3.05) is 32.5 Å². The average Bonchev–Trinajstić information content (AvgIpc) is 2.95. The van der Waals surface area contributed by atoms with Crippen LogP contribution in [0.4, 0.5) is 4.79 Å². The molecule has 4 atom stereocenters. The first-order chi connectivity index (χ1) is 18.6. The van der Waals surface area contributed by atoms with Crippen LogP contribution in [0.25, 0.3) is 0 Å². The van der Waals surface area contributed by atoms with E-state index in [9.17, 15) is 39.0 Å². The number of aliphatic carboxylic acids is 1. The Kier molecular flexibility index (Phi) is 8.23. The van der Waals surface area contributed by atoms with Gasteiger partial charge in [-0.15, -0.1) is 23.5 Å². The van der Waals surface area contributed by atoms with Crippen molar-refractivity contribution in [3.63, 3.8) is 0 Å². The van der Waals surface area contributed by atoms with Gasteiger partial charge in [0.25, 0.3) is 5.91 Å². The Balaban J connectivity index is 1.58. The molecular weight excluding hydrogens is 550 g/mol. The second kappa shape index (κ2) is 11.3. The number of carboxylic acid groups (broad SMARTS) is 1. The monoisotopic (exact) mass is 577 g/mol. The molecule has 1 aromatic rings. The van der Waals surface area contributed by atoms with Crippen molar-refractivity contribution in [2.24, 2.45) is 0 Å². The molecule has 0 saturated carbocycles. The third kappa shape index (κ3) is 4.96. The van der Waals surface area contributed by atoms with Crippen LogP contribution in [0.1, 0.15) is 18.5 Å². The predicted molar refractivity (Wildman–Crippen MR) is 141 cm³/mol. The fourth-order valence-electron chi connectivity index (χ4n) is 4.55. The third-order valence-electron chi connectivity index (χ3n) is 6.70. The number of thioether (sulfide) groups is 2. The van der Waals surface area contributed by atoms with E-state index in [1.165, 1.54) is 16.0 Å². The first-order valence-electron chi connectivity index (χ1n) is 11.9. The molecule has 2 saturated heterocycles. The van der Waals surface area contributed by atoms with E-state index < -0.39 is 63.8 Å². The summed E-state index contributed by atoms with van der Waals surface area (Å²) in [5.41, 5.74) is 0.506. The molecule has 13 nitrogen and oxygen atoms in total. The maximum Gasteiger partial charge on any atom is 0.325 e. The number of amides is 6. The molecule has 2 fully saturated rings. The van der Waals surface area contributed by atoms with Gasteiger partial charge in [0.05, 0.1) is 6.61 Å². The predicted octanol–water partition coefficient (Wildman–Crippen LogP) is -0.452. The summed E-state index contributed by atoms with van der Waals surface area (Å²) in [4.78, 5) is 78.3. The molecule has 3 aliphatic heterocycles. The number of β-lactam (4-membered cyclic amide) rings is 1. The van der Waals surface area contributed by atoms with Crippen molar-refractivity contribution in [2.45, 2.75) is 28.5 Å². The lowest BCUT2D eigenvalue weighted by atomic mass is 10.0. The number of likely N-dealkylation sites (N-methyl/N-ethyl adjacent to an activating group) is 1. The Morgan fingerprint density at radius 3 is 2.44 bits per heavy atom. The molecule has 4 N–H and O–H groups in total. The molecule has 6 amide bonds. The van der Waals surface area contributed by atoms with E-state index in [0.29, 0.717) is 12.1 Å². The number of carboxylic acids is 1.